The summed E-state index contributed by atoms with van der Waals surface area (Å²) in [5.41, 5.74) is 2.93. The van der Waals surface area contributed by atoms with Crippen LogP contribution in [0.4, 0.5) is 24.5 Å². The van der Waals surface area contributed by atoms with Crippen LogP contribution < -0.4 is 25.6 Å². The molecule has 0 spiro atoms. The lowest BCUT2D eigenvalue weighted by Crippen LogP contribution is -2.57. The van der Waals surface area contributed by atoms with Crippen molar-refractivity contribution in [3.05, 3.63) is 160 Å². The lowest BCUT2D eigenvalue weighted by Gasteiger charge is -2.44. The predicted molar refractivity (Wildman–Crippen MR) is 423 cm³/mol. The molecular formula is C80H103ClF3N11O9S4. The second kappa shape index (κ2) is 36.5. The molecule has 5 atom stereocenters. The number of hydrogen-bond acceptors (Lipinski definition) is 18. The van der Waals surface area contributed by atoms with E-state index in [4.69, 9.17) is 16.3 Å². The maximum atomic E-state index is 14.4. The number of aryl methyl sites for hydroxylation is 1. The normalized spacial score (nSPS) is 19.9. The minimum atomic E-state index is -6.10. The van der Waals surface area contributed by atoms with Crippen molar-refractivity contribution in [2.24, 2.45) is 10.8 Å². The van der Waals surface area contributed by atoms with Gasteiger partial charge in [-0.1, -0.05) is 106 Å². The van der Waals surface area contributed by atoms with E-state index in [1.54, 1.807) is 28.4 Å². The molecular weight excluding hydrogens is 1480 g/mol. The van der Waals surface area contributed by atoms with Gasteiger partial charge in [-0.3, -0.25) is 29.0 Å². The number of unbranched alkanes of at least 4 members (excludes halogenated alkanes) is 2. The van der Waals surface area contributed by atoms with Crippen molar-refractivity contribution < 1.29 is 53.9 Å². The number of rotatable bonds is 30. The van der Waals surface area contributed by atoms with E-state index in [2.05, 4.69) is 64.5 Å². The number of allylic oxidation sites excluding steroid dienone is 1. The van der Waals surface area contributed by atoms with Crippen LogP contribution in [-0.2, 0) is 39.0 Å². The smallest absolute Gasteiger partial charge is 0.380 e. The van der Waals surface area contributed by atoms with Gasteiger partial charge in [0.1, 0.15) is 17.0 Å². The van der Waals surface area contributed by atoms with Crippen LogP contribution in [0.2, 0.25) is 5.02 Å². The zero-order valence-electron chi connectivity index (χ0n) is 62.7. The maximum absolute atomic E-state index is 14.4. The van der Waals surface area contributed by atoms with Crippen LogP contribution in [0.1, 0.15) is 132 Å². The lowest BCUT2D eigenvalue weighted by molar-refractivity contribution is -0.144. The van der Waals surface area contributed by atoms with E-state index >= 15 is 0 Å². The Morgan fingerprint density at radius 3 is 2.09 bits per heavy atom. The summed E-state index contributed by atoms with van der Waals surface area (Å²) in [7, 11) is -11.0. The number of likely N-dealkylation sites (tertiary alicyclic amines) is 1. The Hall–Kier alpha value is -6.92. The molecule has 5 aromatic carbocycles. The predicted octanol–water partition coefficient (Wildman–Crippen LogP) is 12.8. The molecule has 108 heavy (non-hydrogen) atoms. The van der Waals surface area contributed by atoms with Gasteiger partial charge in [-0.25, -0.2) is 26.5 Å². The Morgan fingerprint density at radius 2 is 1.43 bits per heavy atom. The number of halogens is 4. The first-order valence-electron chi connectivity index (χ1n) is 37.7. The van der Waals surface area contributed by atoms with Crippen molar-refractivity contribution in [2.75, 3.05) is 127 Å². The van der Waals surface area contributed by atoms with E-state index in [-0.39, 0.29) is 34.7 Å². The number of ether oxygens (including phenoxy) is 1. The molecule has 4 fully saturated rings. The van der Waals surface area contributed by atoms with Gasteiger partial charge in [-0.05, 0) is 172 Å². The van der Waals surface area contributed by atoms with E-state index in [0.29, 0.717) is 101 Å². The van der Waals surface area contributed by atoms with Gasteiger partial charge < -0.3 is 40.3 Å². The largest absolute Gasteiger partial charge is 0.501 e. The number of anilines is 2. The fraction of sp³-hybridized carbons (Fsp3) is 0.512. The van der Waals surface area contributed by atoms with Gasteiger partial charge in [-0.15, -0.1) is 23.1 Å². The topological polar surface area (TPSA) is 226 Å². The first-order chi connectivity index (χ1) is 51.5. The fourth-order valence-corrected chi connectivity index (χ4v) is 19.2. The second-order valence-corrected chi connectivity index (χ2v) is 36.7. The highest BCUT2D eigenvalue weighted by atomic mass is 35.5. The minimum Gasteiger partial charge on any atom is -0.380 e. The zero-order valence-corrected chi connectivity index (χ0v) is 66.7. The van der Waals surface area contributed by atoms with Crippen LogP contribution in [-0.4, -0.2) is 211 Å². The van der Waals surface area contributed by atoms with Crippen LogP contribution >= 0.6 is 34.7 Å². The number of piperazine rings is 2. The van der Waals surface area contributed by atoms with Crippen LogP contribution in [0.5, 0.6) is 0 Å². The number of sulfonamides is 1. The summed E-state index contributed by atoms with van der Waals surface area (Å²) in [5.74, 6) is -1.26. The number of thioether (sulfide) groups is 1. The first-order valence-corrected chi connectivity index (χ1v) is 42.9. The number of amides is 4. The number of carbonyl (C=O) groups excluding carboxylic acids is 4. The highest BCUT2D eigenvalue weighted by Gasteiger charge is 2.49. The molecule has 0 saturated carbocycles. The molecule has 584 valence electrons. The molecule has 28 heteroatoms. The zero-order chi connectivity index (χ0) is 77.0. The molecule has 6 aromatic rings. The molecule has 0 bridgehead atoms. The quantitative estimate of drug-likeness (QED) is 0.0243. The SMILES string of the molecule is Cc1ncsc1-c1ccc([C@H](C)NC(=O)[C@@H]2CCCN2C(=O)C(NC(=O)CCCCCN2CCN(CC3(C)CCC(c4ccc(Cl)cc4)=C(CN4CCN(c5ccc(C(=O)NS(=O)(=O)c6ccc(N[C@H](CCN7CCOCC7)CSc7ccccc7)c(S(=O)(=O)C(F)(F)F)c6)cc5)CC4)C3)CC2)C(C)(C)C)cc1. The van der Waals surface area contributed by atoms with Gasteiger partial charge in [0.25, 0.3) is 25.8 Å². The molecule has 2 unspecified atom stereocenters. The van der Waals surface area contributed by atoms with E-state index in [0.717, 1.165) is 135 Å². The van der Waals surface area contributed by atoms with Crippen molar-refractivity contribution in [3.63, 3.8) is 0 Å². The van der Waals surface area contributed by atoms with E-state index < -0.39 is 70.3 Å². The number of benzene rings is 5. The van der Waals surface area contributed by atoms with Gasteiger partial charge in [0.05, 0.1) is 45.9 Å². The Bertz CT molecular complexity index is 4320. The van der Waals surface area contributed by atoms with Crippen LogP contribution in [0, 0.1) is 17.8 Å². The molecule has 5 aliphatic rings. The van der Waals surface area contributed by atoms with E-state index in [1.165, 1.54) is 40.6 Å². The van der Waals surface area contributed by atoms with Gasteiger partial charge in [-0.2, -0.15) is 13.2 Å². The number of sulfone groups is 1. The number of thiazole rings is 1. The molecule has 4 aliphatic heterocycles. The third-order valence-electron chi connectivity index (χ3n) is 21.5. The van der Waals surface area contributed by atoms with Crippen molar-refractivity contribution >= 4 is 95.1 Å². The highest BCUT2D eigenvalue weighted by molar-refractivity contribution is 7.99. The summed E-state index contributed by atoms with van der Waals surface area (Å²) in [4.78, 5) is 73.3. The van der Waals surface area contributed by atoms with Crippen molar-refractivity contribution in [2.45, 2.75) is 150 Å². The number of hydrogen-bond donors (Lipinski definition) is 4. The minimum absolute atomic E-state index is 0.0241. The summed E-state index contributed by atoms with van der Waals surface area (Å²) in [6, 6.07) is 32.3. The molecule has 1 aromatic heterocycles. The van der Waals surface area contributed by atoms with Crippen molar-refractivity contribution in [1.82, 2.24) is 44.8 Å². The summed E-state index contributed by atoms with van der Waals surface area (Å²) in [6.07, 6.45) is 7.52. The Kier molecular flexibility index (Phi) is 27.7. The molecule has 20 nitrogen and oxygen atoms in total. The first kappa shape index (κ1) is 82.1. The van der Waals surface area contributed by atoms with Gasteiger partial charge in [0, 0.05) is 131 Å². The summed E-state index contributed by atoms with van der Waals surface area (Å²) in [5, 5.41) is 9.95. The molecule has 5 heterocycles. The average molecular weight is 1580 g/mol. The molecule has 11 rings (SSSR count). The van der Waals surface area contributed by atoms with Crippen LogP contribution in [0.15, 0.2) is 147 Å². The van der Waals surface area contributed by atoms with E-state index in [9.17, 15) is 49.2 Å². The third-order valence-corrected chi connectivity index (χ3v) is 26.8. The molecule has 1 aliphatic carbocycles. The van der Waals surface area contributed by atoms with Gasteiger partial charge in [0.2, 0.25) is 17.7 Å². The molecule has 4 N–H and O–H groups in total. The second-order valence-electron chi connectivity index (χ2n) is 30.7. The Morgan fingerprint density at radius 1 is 0.759 bits per heavy atom. The highest BCUT2D eigenvalue weighted by Crippen LogP contribution is 2.45. The summed E-state index contributed by atoms with van der Waals surface area (Å²) in [6.45, 7) is 25.1. The molecule has 4 saturated heterocycles. The van der Waals surface area contributed by atoms with Gasteiger partial charge >= 0.3 is 5.51 Å². The summed E-state index contributed by atoms with van der Waals surface area (Å²) >= 11 is 9.45. The summed E-state index contributed by atoms with van der Waals surface area (Å²) < 4.78 is 105. The maximum Gasteiger partial charge on any atom is 0.501 e. The average Bonchev–Trinajstić information content (AvgIpc) is 0.913. The van der Waals surface area contributed by atoms with E-state index in [1.807, 2.05) is 112 Å². The lowest BCUT2D eigenvalue weighted by atomic mass is 9.71. The number of carbonyl (C=O) groups is 4. The third kappa shape index (κ3) is 21.6. The Balaban J connectivity index is 0.629. The number of morpholine rings is 1. The number of nitrogens with zero attached hydrogens (tertiary/aromatic N) is 7. The fourth-order valence-electron chi connectivity index (χ4n) is 15.3. The number of nitrogens with one attached hydrogen (secondary N) is 4. The standard InChI is InChI=1S/C80H103ClF3N11O9S4/c1-56(58-18-20-60(21-19-58)73-57(2)85-55-106-73)86-76(98)70-16-13-36-95(70)77(99)74(78(3,4)5)88-72(96)17-11-8-12-35-90-38-40-93(41-39-90)54-79(6)34-32-68(59-22-26-63(81)27-23-59)62(51-79)52-92-42-44-94(45-43-92)65-28-24-61(25-29-65)75(97)89-108(102,103)67-30-31-69(71(50-67)107(100,101)80(82,83)84)87-64(33-37-91-46-48-104-49-47-91)53-105-66-14-9-7-10-15-66/h7,9-10,14-15,18-31,50,55-56,64,70,74,87H,8,11-13,16-17,32-49,51-54H2,1-6H3,(H,86,98)(H,88,96)(H,89,97)/t56-,64+,70-,74?,79?/m0/s1. The number of alkyl halides is 3. The number of aromatic nitrogens is 1. The monoisotopic (exact) mass is 1580 g/mol. The van der Waals surface area contributed by atoms with Crippen molar-refractivity contribution in [1.29, 1.82) is 0 Å². The molecule has 4 amide bonds. The molecule has 0 radical (unpaired) electrons. The van der Waals surface area contributed by atoms with Gasteiger partial charge in [0.15, 0.2) is 0 Å². The van der Waals surface area contributed by atoms with Crippen molar-refractivity contribution in [3.8, 4) is 10.4 Å². The van der Waals surface area contributed by atoms with Crippen LogP contribution in [0.3, 0.4) is 0 Å². The van der Waals surface area contributed by atoms with Crippen LogP contribution in [0.25, 0.3) is 16.0 Å². The Labute approximate surface area is 648 Å².